The van der Waals surface area contributed by atoms with E-state index in [-0.39, 0.29) is 11.6 Å². The van der Waals surface area contributed by atoms with Crippen molar-refractivity contribution in [2.24, 2.45) is 0 Å². The first-order valence-electron chi connectivity index (χ1n) is 8.03. The predicted octanol–water partition coefficient (Wildman–Crippen LogP) is 3.28. The van der Waals surface area contributed by atoms with Crippen LogP contribution in [0.15, 0.2) is 61.1 Å². The number of ether oxygens (including phenoxy) is 2. The van der Waals surface area contributed by atoms with E-state index in [9.17, 15) is 14.9 Å². The van der Waals surface area contributed by atoms with Gasteiger partial charge in [0.1, 0.15) is 23.7 Å². The zero-order chi connectivity index (χ0) is 19.4. The molecule has 3 aromatic rings. The maximum absolute atomic E-state index is 13.2. The van der Waals surface area contributed by atoms with E-state index in [1.165, 1.54) is 17.1 Å². The molecule has 0 saturated carbocycles. The predicted molar refractivity (Wildman–Crippen MR) is 97.3 cm³/mol. The van der Waals surface area contributed by atoms with E-state index in [2.05, 4.69) is 4.98 Å². The number of benzene rings is 2. The Morgan fingerprint density at radius 3 is 2.07 bits per heavy atom. The Labute approximate surface area is 155 Å². The number of rotatable bonds is 7. The number of aromatic nitrogens is 2. The maximum Gasteiger partial charge on any atom is 0.381 e. The number of Topliss-reactive ketones (excluding diaryl/α,β-unsaturated/α-hetero) is 1. The van der Waals surface area contributed by atoms with Gasteiger partial charge in [0.15, 0.2) is 5.78 Å². The number of nitro groups is 1. The molecule has 0 radical (unpaired) electrons. The molecule has 8 heteroatoms. The van der Waals surface area contributed by atoms with Crippen molar-refractivity contribution in [2.45, 2.75) is 6.04 Å². The molecular formula is C19H17N3O5. The van der Waals surface area contributed by atoms with E-state index in [0.717, 1.165) is 0 Å². The monoisotopic (exact) mass is 367 g/mol. The summed E-state index contributed by atoms with van der Waals surface area (Å²) in [6, 6.07) is 12.8. The van der Waals surface area contributed by atoms with Gasteiger partial charge < -0.3 is 19.6 Å². The molecule has 27 heavy (non-hydrogen) atoms. The van der Waals surface area contributed by atoms with Crippen LogP contribution in [0, 0.1) is 10.1 Å². The first kappa shape index (κ1) is 18.1. The van der Waals surface area contributed by atoms with Crippen molar-refractivity contribution in [1.82, 2.24) is 9.55 Å². The van der Waals surface area contributed by atoms with Gasteiger partial charge in [-0.05, 0) is 51.9 Å². The summed E-state index contributed by atoms with van der Waals surface area (Å²) in [5.41, 5.74) is 1.11. The van der Waals surface area contributed by atoms with Gasteiger partial charge in [-0.25, -0.2) is 0 Å². The first-order chi connectivity index (χ1) is 13.0. The minimum absolute atomic E-state index is 0.227. The second-order valence-corrected chi connectivity index (χ2v) is 5.70. The largest absolute Gasteiger partial charge is 0.497 e. The molecule has 3 rings (SSSR count). The molecule has 1 aromatic heterocycles. The van der Waals surface area contributed by atoms with Crippen molar-refractivity contribution in [3.63, 3.8) is 0 Å². The minimum atomic E-state index is -0.800. The summed E-state index contributed by atoms with van der Waals surface area (Å²) in [4.78, 5) is 27.3. The van der Waals surface area contributed by atoms with Crippen LogP contribution in [0.3, 0.4) is 0 Å². The second-order valence-electron chi connectivity index (χ2n) is 5.70. The Hall–Kier alpha value is -3.68. The number of hydrogen-bond acceptors (Lipinski definition) is 6. The fourth-order valence-electron chi connectivity index (χ4n) is 2.72. The maximum atomic E-state index is 13.2. The fraction of sp³-hybridized carbons (Fsp3) is 0.158. The van der Waals surface area contributed by atoms with Crippen LogP contribution in [0.4, 0.5) is 5.82 Å². The minimum Gasteiger partial charge on any atom is -0.497 e. The van der Waals surface area contributed by atoms with Crippen LogP contribution in [0.2, 0.25) is 0 Å². The van der Waals surface area contributed by atoms with E-state index in [4.69, 9.17) is 9.47 Å². The first-order valence-corrected chi connectivity index (χ1v) is 8.03. The van der Waals surface area contributed by atoms with Crippen LogP contribution in [0.1, 0.15) is 22.0 Å². The van der Waals surface area contributed by atoms with Gasteiger partial charge in [0.25, 0.3) is 0 Å². The summed E-state index contributed by atoms with van der Waals surface area (Å²) in [6.07, 6.45) is 2.53. The molecule has 1 heterocycles. The molecular weight excluding hydrogens is 350 g/mol. The third-order valence-corrected chi connectivity index (χ3v) is 4.13. The van der Waals surface area contributed by atoms with E-state index in [1.807, 2.05) is 0 Å². The van der Waals surface area contributed by atoms with E-state index in [1.54, 1.807) is 62.8 Å². The van der Waals surface area contributed by atoms with Crippen LogP contribution in [0.25, 0.3) is 0 Å². The van der Waals surface area contributed by atoms with E-state index in [0.29, 0.717) is 22.6 Å². The smallest absolute Gasteiger partial charge is 0.381 e. The van der Waals surface area contributed by atoms with Crippen molar-refractivity contribution in [1.29, 1.82) is 0 Å². The zero-order valence-electron chi connectivity index (χ0n) is 14.7. The zero-order valence-corrected chi connectivity index (χ0v) is 14.7. The second kappa shape index (κ2) is 7.69. The van der Waals surface area contributed by atoms with Crippen molar-refractivity contribution in [3.8, 4) is 11.5 Å². The van der Waals surface area contributed by atoms with Crippen molar-refractivity contribution in [3.05, 3.63) is 82.3 Å². The van der Waals surface area contributed by atoms with Crippen LogP contribution in [-0.2, 0) is 0 Å². The number of ketones is 1. The average molecular weight is 367 g/mol. The SMILES string of the molecule is COc1ccc(C(=O)C(c2ccc(OC)cc2)n2cnc([N+](=O)[O-])c2)cc1. The highest BCUT2D eigenvalue weighted by Gasteiger charge is 2.26. The molecule has 0 saturated heterocycles. The third kappa shape index (κ3) is 3.79. The normalized spacial score (nSPS) is 11.6. The standard InChI is InChI=1S/C19H17N3O5/c1-26-15-7-3-13(4-8-15)18(21-11-17(20-12-21)22(24)25)19(23)14-5-9-16(27-2)10-6-14/h3-12,18H,1-2H3. The van der Waals surface area contributed by atoms with Gasteiger partial charge in [-0.15, -0.1) is 0 Å². The molecule has 0 aliphatic carbocycles. The Morgan fingerprint density at radius 1 is 1.04 bits per heavy atom. The summed E-state index contributed by atoms with van der Waals surface area (Å²) in [5, 5.41) is 11.0. The Morgan fingerprint density at radius 2 is 1.59 bits per heavy atom. The molecule has 138 valence electrons. The van der Waals surface area contributed by atoms with Crippen molar-refractivity contribution >= 4 is 11.6 Å². The lowest BCUT2D eigenvalue weighted by atomic mass is 9.97. The number of carbonyl (C=O) groups excluding carboxylic acids is 1. The summed E-state index contributed by atoms with van der Waals surface area (Å²) in [6.45, 7) is 0. The molecule has 0 amide bonds. The highest BCUT2D eigenvalue weighted by atomic mass is 16.6. The van der Waals surface area contributed by atoms with Crippen LogP contribution >= 0.6 is 0 Å². The number of carbonyl (C=O) groups is 1. The van der Waals surface area contributed by atoms with Gasteiger partial charge in [0, 0.05) is 5.56 Å². The number of nitrogens with zero attached hydrogens (tertiary/aromatic N) is 3. The lowest BCUT2D eigenvalue weighted by Crippen LogP contribution is -2.20. The highest BCUT2D eigenvalue weighted by Crippen LogP contribution is 2.27. The Kier molecular flexibility index (Phi) is 5.16. The van der Waals surface area contributed by atoms with Gasteiger partial charge in [-0.1, -0.05) is 12.1 Å². The summed E-state index contributed by atoms with van der Waals surface area (Å²) in [5.74, 6) is 0.725. The molecule has 1 unspecified atom stereocenters. The molecule has 0 fully saturated rings. The molecule has 2 aromatic carbocycles. The van der Waals surface area contributed by atoms with Crippen molar-refractivity contribution in [2.75, 3.05) is 14.2 Å². The molecule has 0 aliphatic rings. The van der Waals surface area contributed by atoms with Gasteiger partial charge >= 0.3 is 5.82 Å². The number of hydrogen-bond donors (Lipinski definition) is 0. The van der Waals surface area contributed by atoms with Crippen LogP contribution in [-0.4, -0.2) is 34.5 Å². The quantitative estimate of drug-likeness (QED) is 0.361. The molecule has 0 N–H and O–H groups in total. The van der Waals surface area contributed by atoms with E-state index >= 15 is 0 Å². The number of imidazole rings is 1. The van der Waals surface area contributed by atoms with Crippen molar-refractivity contribution < 1.29 is 19.2 Å². The van der Waals surface area contributed by atoms with Gasteiger partial charge in [0.2, 0.25) is 6.33 Å². The molecule has 0 bridgehead atoms. The van der Waals surface area contributed by atoms with E-state index < -0.39 is 11.0 Å². The van der Waals surface area contributed by atoms with Crippen LogP contribution in [0.5, 0.6) is 11.5 Å². The third-order valence-electron chi connectivity index (χ3n) is 4.13. The number of methoxy groups -OCH3 is 2. The topological polar surface area (TPSA) is 96.5 Å². The molecule has 0 aliphatic heterocycles. The Balaban J connectivity index is 2.04. The average Bonchev–Trinajstić information content (AvgIpc) is 3.19. The van der Waals surface area contributed by atoms with Gasteiger partial charge in [-0.3, -0.25) is 9.36 Å². The summed E-state index contributed by atoms with van der Waals surface area (Å²) < 4.78 is 11.7. The van der Waals surface area contributed by atoms with Crippen LogP contribution < -0.4 is 9.47 Å². The summed E-state index contributed by atoms with van der Waals surface area (Å²) >= 11 is 0. The molecule has 0 spiro atoms. The lowest BCUT2D eigenvalue weighted by Gasteiger charge is -2.17. The Bertz CT molecular complexity index is 948. The highest BCUT2D eigenvalue weighted by molar-refractivity contribution is 6.01. The van der Waals surface area contributed by atoms with Gasteiger partial charge in [0.05, 0.1) is 14.2 Å². The fourth-order valence-corrected chi connectivity index (χ4v) is 2.72. The molecule has 1 atom stereocenters. The lowest BCUT2D eigenvalue weighted by molar-refractivity contribution is -0.389. The molecule has 8 nitrogen and oxygen atoms in total. The van der Waals surface area contributed by atoms with Gasteiger partial charge in [-0.2, -0.15) is 0 Å². The summed E-state index contributed by atoms with van der Waals surface area (Å²) in [7, 11) is 3.09.